The summed E-state index contributed by atoms with van der Waals surface area (Å²) in [6, 6.07) is 36.7. The van der Waals surface area contributed by atoms with Crippen molar-refractivity contribution < 1.29 is 4.79 Å². The second-order valence-corrected chi connectivity index (χ2v) is 8.55. The maximum absolute atomic E-state index is 13.5. The number of nitrogens with one attached hydrogen (secondary N) is 1. The van der Waals surface area contributed by atoms with Crippen LogP contribution in [0.1, 0.15) is 17.0 Å². The molecule has 0 aliphatic heterocycles. The van der Waals surface area contributed by atoms with Crippen molar-refractivity contribution in [2.24, 2.45) is 0 Å². The standard InChI is InChI=1S/C30H22N6O/c37-30(28(21-10-3-1-4-11-21)22-12-5-2-6-13-22)32-24-15-9-14-23(20-24)25-17-18-27-33-34-29(36(27)35-25)26-16-7-8-19-31-26/h1-20,28H,(H,32,37). The largest absolute Gasteiger partial charge is 0.325 e. The van der Waals surface area contributed by atoms with Crippen LogP contribution in [0.5, 0.6) is 0 Å². The lowest BCUT2D eigenvalue weighted by Gasteiger charge is -2.18. The highest BCUT2D eigenvalue weighted by Crippen LogP contribution is 2.28. The van der Waals surface area contributed by atoms with Gasteiger partial charge in [-0.05, 0) is 47.5 Å². The Bertz CT molecular complexity index is 1630. The smallest absolute Gasteiger partial charge is 0.236 e. The Morgan fingerprint density at radius 3 is 2.14 bits per heavy atom. The molecule has 0 spiro atoms. The number of carbonyl (C=O) groups is 1. The molecule has 0 aliphatic rings. The Kier molecular flexibility index (Phi) is 5.93. The van der Waals surface area contributed by atoms with E-state index in [-0.39, 0.29) is 5.91 Å². The molecular weight excluding hydrogens is 460 g/mol. The number of hydrogen-bond acceptors (Lipinski definition) is 5. The Labute approximate surface area is 213 Å². The summed E-state index contributed by atoms with van der Waals surface area (Å²) in [5, 5.41) is 16.4. The third-order valence-electron chi connectivity index (χ3n) is 6.11. The molecule has 0 bridgehead atoms. The summed E-state index contributed by atoms with van der Waals surface area (Å²) in [6.07, 6.45) is 1.71. The molecule has 0 atom stereocenters. The zero-order chi connectivity index (χ0) is 25.0. The molecule has 0 radical (unpaired) electrons. The van der Waals surface area contributed by atoms with Gasteiger partial charge in [-0.3, -0.25) is 9.78 Å². The first-order valence-electron chi connectivity index (χ1n) is 11.9. The molecule has 3 aromatic carbocycles. The summed E-state index contributed by atoms with van der Waals surface area (Å²) in [6.45, 7) is 0. The Balaban J connectivity index is 1.32. The first kappa shape index (κ1) is 22.3. The van der Waals surface area contributed by atoms with Gasteiger partial charge >= 0.3 is 0 Å². The SMILES string of the molecule is O=C(Nc1cccc(-c2ccc3nnc(-c4ccccn4)n3n2)c1)C(c1ccccc1)c1ccccc1. The van der Waals surface area contributed by atoms with Crippen LogP contribution in [0.25, 0.3) is 28.4 Å². The molecule has 1 amide bonds. The van der Waals surface area contributed by atoms with Gasteiger partial charge in [-0.15, -0.1) is 10.2 Å². The van der Waals surface area contributed by atoms with E-state index in [2.05, 4.69) is 20.5 Å². The van der Waals surface area contributed by atoms with Gasteiger partial charge in [-0.25, -0.2) is 0 Å². The molecule has 3 aromatic heterocycles. The molecule has 37 heavy (non-hydrogen) atoms. The quantitative estimate of drug-likeness (QED) is 0.333. The van der Waals surface area contributed by atoms with Crippen molar-refractivity contribution >= 4 is 17.2 Å². The van der Waals surface area contributed by atoms with Crippen LogP contribution in [0.2, 0.25) is 0 Å². The molecule has 0 fully saturated rings. The van der Waals surface area contributed by atoms with Gasteiger partial charge in [0.1, 0.15) is 5.69 Å². The number of nitrogens with zero attached hydrogens (tertiary/aromatic N) is 5. The lowest BCUT2D eigenvalue weighted by molar-refractivity contribution is -0.116. The van der Waals surface area contributed by atoms with E-state index in [0.717, 1.165) is 22.4 Å². The van der Waals surface area contributed by atoms with Crippen molar-refractivity contribution in [3.8, 4) is 22.8 Å². The van der Waals surface area contributed by atoms with Crippen molar-refractivity contribution in [3.05, 3.63) is 133 Å². The van der Waals surface area contributed by atoms with E-state index in [1.807, 2.05) is 115 Å². The average Bonchev–Trinajstić information content (AvgIpc) is 3.38. The second kappa shape index (κ2) is 9.83. The highest BCUT2D eigenvalue weighted by molar-refractivity contribution is 5.98. The monoisotopic (exact) mass is 482 g/mol. The van der Waals surface area contributed by atoms with E-state index in [1.165, 1.54) is 0 Å². The highest BCUT2D eigenvalue weighted by Gasteiger charge is 2.23. The van der Waals surface area contributed by atoms with Crippen LogP contribution in [0.15, 0.2) is 121 Å². The fourth-order valence-electron chi connectivity index (χ4n) is 4.35. The fraction of sp³-hybridized carbons (Fsp3) is 0.0333. The van der Waals surface area contributed by atoms with Crippen LogP contribution in [0.3, 0.4) is 0 Å². The Hall–Kier alpha value is -5.17. The normalized spacial score (nSPS) is 11.1. The number of rotatable bonds is 6. The molecule has 1 N–H and O–H groups in total. The molecule has 178 valence electrons. The molecule has 6 aromatic rings. The van der Waals surface area contributed by atoms with E-state index < -0.39 is 5.92 Å². The van der Waals surface area contributed by atoms with Crippen LogP contribution in [-0.4, -0.2) is 30.7 Å². The zero-order valence-corrected chi connectivity index (χ0v) is 19.8. The van der Waals surface area contributed by atoms with E-state index >= 15 is 0 Å². The molecule has 0 unspecified atom stereocenters. The number of anilines is 1. The molecule has 0 saturated carbocycles. The molecule has 6 rings (SSSR count). The van der Waals surface area contributed by atoms with Gasteiger partial charge in [-0.2, -0.15) is 9.61 Å². The summed E-state index contributed by atoms with van der Waals surface area (Å²) in [7, 11) is 0. The van der Waals surface area contributed by atoms with Gasteiger partial charge in [-0.1, -0.05) is 78.9 Å². The maximum atomic E-state index is 13.5. The van der Waals surface area contributed by atoms with Crippen LogP contribution in [0.4, 0.5) is 5.69 Å². The summed E-state index contributed by atoms with van der Waals surface area (Å²) in [4.78, 5) is 17.9. The van der Waals surface area contributed by atoms with Gasteiger partial charge in [0.2, 0.25) is 11.7 Å². The van der Waals surface area contributed by atoms with E-state index in [1.54, 1.807) is 10.7 Å². The lowest BCUT2D eigenvalue weighted by Crippen LogP contribution is -2.22. The highest BCUT2D eigenvalue weighted by atomic mass is 16.1. The Morgan fingerprint density at radius 2 is 1.43 bits per heavy atom. The van der Waals surface area contributed by atoms with Crippen LogP contribution in [0, 0.1) is 0 Å². The van der Waals surface area contributed by atoms with Crippen LogP contribution < -0.4 is 5.32 Å². The minimum atomic E-state index is -0.432. The van der Waals surface area contributed by atoms with Crippen molar-refractivity contribution in [1.82, 2.24) is 24.8 Å². The summed E-state index contributed by atoms with van der Waals surface area (Å²) >= 11 is 0. The number of benzene rings is 3. The number of fused-ring (bicyclic) bond motifs is 1. The number of pyridine rings is 1. The van der Waals surface area contributed by atoms with Crippen molar-refractivity contribution in [3.63, 3.8) is 0 Å². The van der Waals surface area contributed by atoms with E-state index in [9.17, 15) is 4.79 Å². The van der Waals surface area contributed by atoms with Gasteiger partial charge in [0.15, 0.2) is 5.65 Å². The van der Waals surface area contributed by atoms with Crippen molar-refractivity contribution in [1.29, 1.82) is 0 Å². The maximum Gasteiger partial charge on any atom is 0.236 e. The minimum absolute atomic E-state index is 0.103. The molecule has 7 heteroatoms. The third kappa shape index (κ3) is 4.58. The average molecular weight is 483 g/mol. The molecule has 7 nitrogen and oxygen atoms in total. The summed E-state index contributed by atoms with van der Waals surface area (Å²) < 4.78 is 1.68. The first-order chi connectivity index (χ1) is 18.3. The minimum Gasteiger partial charge on any atom is -0.325 e. The van der Waals surface area contributed by atoms with Gasteiger partial charge in [0, 0.05) is 17.4 Å². The van der Waals surface area contributed by atoms with Crippen LogP contribution >= 0.6 is 0 Å². The Morgan fingerprint density at radius 1 is 0.703 bits per heavy atom. The summed E-state index contributed by atoms with van der Waals surface area (Å²) in [5.41, 5.74) is 5.46. The number of amides is 1. The van der Waals surface area contributed by atoms with Gasteiger partial charge in [0.25, 0.3) is 0 Å². The fourth-order valence-corrected chi connectivity index (χ4v) is 4.35. The number of carbonyl (C=O) groups excluding carboxylic acids is 1. The molecule has 0 aliphatic carbocycles. The first-order valence-corrected chi connectivity index (χ1v) is 11.9. The van der Waals surface area contributed by atoms with E-state index in [4.69, 9.17) is 5.10 Å². The zero-order valence-electron chi connectivity index (χ0n) is 19.8. The number of aromatic nitrogens is 5. The third-order valence-corrected chi connectivity index (χ3v) is 6.11. The molecule has 0 saturated heterocycles. The van der Waals surface area contributed by atoms with Crippen LogP contribution in [-0.2, 0) is 4.79 Å². The van der Waals surface area contributed by atoms with Gasteiger partial charge < -0.3 is 5.32 Å². The predicted molar refractivity (Wildman–Crippen MR) is 143 cm³/mol. The van der Waals surface area contributed by atoms with Crippen molar-refractivity contribution in [2.75, 3.05) is 5.32 Å². The molecule has 3 heterocycles. The van der Waals surface area contributed by atoms with E-state index in [0.29, 0.717) is 22.9 Å². The lowest BCUT2D eigenvalue weighted by atomic mass is 9.90. The van der Waals surface area contributed by atoms with Crippen molar-refractivity contribution in [2.45, 2.75) is 5.92 Å². The topological polar surface area (TPSA) is 85.1 Å². The number of hydrogen-bond donors (Lipinski definition) is 1. The molecular formula is C30H22N6O. The predicted octanol–water partition coefficient (Wildman–Crippen LogP) is 5.62. The summed E-state index contributed by atoms with van der Waals surface area (Å²) in [5.74, 6) is 0.0307. The van der Waals surface area contributed by atoms with Gasteiger partial charge in [0.05, 0.1) is 11.6 Å². The second-order valence-electron chi connectivity index (χ2n) is 8.55.